The molecule has 0 atom stereocenters. The van der Waals surface area contributed by atoms with Gasteiger partial charge in [-0.15, -0.1) is 0 Å². The molecule has 8 aromatic rings. The Balaban J connectivity index is 1.41. The molecular weight excluding hydrogens is 609 g/mol. The van der Waals surface area contributed by atoms with Crippen molar-refractivity contribution in [2.75, 3.05) is 0 Å². The number of rotatable bonds is 6. The van der Waals surface area contributed by atoms with Crippen LogP contribution in [0.1, 0.15) is 0 Å². The van der Waals surface area contributed by atoms with Crippen LogP contribution < -0.4 is 0 Å². The van der Waals surface area contributed by atoms with Gasteiger partial charge in [0.1, 0.15) is 5.82 Å². The first kappa shape index (κ1) is 30.2. The fraction of sp³-hybridized carbons (Fsp3) is 0. The zero-order valence-electron chi connectivity index (χ0n) is 27.0. The van der Waals surface area contributed by atoms with Crippen molar-refractivity contribution in [2.24, 2.45) is 0 Å². The van der Waals surface area contributed by atoms with Gasteiger partial charge in [-0.25, -0.2) is 19.7 Å². The molecule has 232 valence electrons. The summed E-state index contributed by atoms with van der Waals surface area (Å²) in [5.74, 6) is 0.445. The minimum absolute atomic E-state index is 0.445. The van der Waals surface area contributed by atoms with Gasteiger partial charge in [-0.2, -0.15) is 0 Å². The number of nitrogens with zero attached hydrogens (tertiary/aromatic N) is 4. The second-order valence-corrected chi connectivity index (χ2v) is 12.0. The van der Waals surface area contributed by atoms with E-state index in [4.69, 9.17) is 23.1 Å². The molecule has 0 saturated heterocycles. The summed E-state index contributed by atoms with van der Waals surface area (Å²) in [5, 5.41) is 0.830. The van der Waals surface area contributed by atoms with E-state index in [0.29, 0.717) is 28.5 Å². The summed E-state index contributed by atoms with van der Waals surface area (Å²) in [4.78, 5) is 18.0. The molecule has 50 heavy (non-hydrogen) atoms. The maximum Gasteiger partial charge on any atom is 0.198 e. The molecule has 0 spiro atoms. The van der Waals surface area contributed by atoms with Crippen LogP contribution in [-0.4, -0.2) is 9.97 Å². The molecule has 0 radical (unpaired) electrons. The summed E-state index contributed by atoms with van der Waals surface area (Å²) in [6.45, 7) is 15.9. The van der Waals surface area contributed by atoms with Crippen molar-refractivity contribution < 1.29 is 0 Å². The Labute approximate surface area is 291 Å². The van der Waals surface area contributed by atoms with E-state index < -0.39 is 0 Å². The Morgan fingerprint density at radius 2 is 0.800 bits per heavy atom. The third-order valence-electron chi connectivity index (χ3n) is 8.97. The van der Waals surface area contributed by atoms with E-state index in [1.807, 2.05) is 66.7 Å². The Bertz CT molecular complexity index is 2580. The fourth-order valence-corrected chi connectivity index (χ4v) is 6.44. The molecule has 0 N–H and O–H groups in total. The lowest BCUT2D eigenvalue weighted by Crippen LogP contribution is -1.98. The molecule has 0 fully saturated rings. The molecular formula is C46H28N4. The van der Waals surface area contributed by atoms with E-state index in [1.54, 1.807) is 6.07 Å². The van der Waals surface area contributed by atoms with Crippen LogP contribution >= 0.6 is 0 Å². The van der Waals surface area contributed by atoms with Crippen molar-refractivity contribution in [1.82, 2.24) is 9.97 Å². The lowest BCUT2D eigenvalue weighted by atomic mass is 9.92. The summed E-state index contributed by atoms with van der Waals surface area (Å²) in [6, 6.07) is 57.2. The molecule has 0 bridgehead atoms. The third-order valence-corrected chi connectivity index (χ3v) is 8.97. The first-order valence-corrected chi connectivity index (χ1v) is 16.3. The Morgan fingerprint density at radius 1 is 0.360 bits per heavy atom. The van der Waals surface area contributed by atoms with Crippen molar-refractivity contribution in [3.05, 3.63) is 193 Å². The van der Waals surface area contributed by atoms with Crippen LogP contribution in [0.2, 0.25) is 0 Å². The highest BCUT2D eigenvalue weighted by molar-refractivity contribution is 6.06. The highest BCUT2D eigenvalue weighted by Gasteiger charge is 2.20. The average Bonchev–Trinajstić information content (AvgIpc) is 3.20. The van der Waals surface area contributed by atoms with Crippen molar-refractivity contribution >= 4 is 22.3 Å². The van der Waals surface area contributed by atoms with Crippen LogP contribution in [0.4, 0.5) is 11.4 Å². The van der Waals surface area contributed by atoms with Gasteiger partial charge < -0.3 is 0 Å². The molecule has 0 unspecified atom stereocenters. The standard InChI is InChI=1S/C46H28N4/c1-47-42-19-11-9-17-38(42)44-41-30-37(35-23-21-33(22-24-35)31-13-5-3-6-14-31)29-40(36-27-25-34(26-28-36)32-15-7-4-8-16-32)45(41)50-46(49-44)39-18-10-12-20-43(39)48-2/h3-30H. The predicted octanol–water partition coefficient (Wildman–Crippen LogP) is 12.7. The smallest absolute Gasteiger partial charge is 0.198 e. The molecule has 4 nitrogen and oxygen atoms in total. The number of aromatic nitrogens is 2. The van der Waals surface area contributed by atoms with Gasteiger partial charge in [-0.05, 0) is 51.1 Å². The monoisotopic (exact) mass is 636 g/mol. The number of hydrogen-bond donors (Lipinski definition) is 0. The Kier molecular flexibility index (Phi) is 7.95. The highest BCUT2D eigenvalue weighted by Crippen LogP contribution is 2.42. The molecule has 0 saturated carbocycles. The molecule has 8 rings (SSSR count). The molecule has 0 aliphatic heterocycles. The summed E-state index contributed by atoms with van der Waals surface area (Å²) in [7, 11) is 0. The van der Waals surface area contributed by atoms with Crippen LogP contribution in [0.5, 0.6) is 0 Å². The molecule has 4 heteroatoms. The molecule has 0 amide bonds. The van der Waals surface area contributed by atoms with E-state index in [2.05, 4.69) is 107 Å². The van der Waals surface area contributed by atoms with E-state index in [-0.39, 0.29) is 0 Å². The van der Waals surface area contributed by atoms with E-state index in [1.165, 1.54) is 0 Å². The topological polar surface area (TPSA) is 34.5 Å². The third kappa shape index (κ3) is 5.69. The zero-order valence-corrected chi connectivity index (χ0v) is 27.0. The maximum atomic E-state index is 8.00. The summed E-state index contributed by atoms with van der Waals surface area (Å²) in [6.07, 6.45) is 0. The van der Waals surface area contributed by atoms with Crippen molar-refractivity contribution in [3.63, 3.8) is 0 Å². The van der Waals surface area contributed by atoms with Gasteiger partial charge in [0, 0.05) is 22.1 Å². The Morgan fingerprint density at radius 3 is 1.36 bits per heavy atom. The van der Waals surface area contributed by atoms with Gasteiger partial charge in [-0.3, -0.25) is 0 Å². The molecule has 7 aromatic carbocycles. The first-order chi connectivity index (χ1) is 24.7. The normalized spacial score (nSPS) is 10.8. The largest absolute Gasteiger partial charge is 0.237 e. The maximum absolute atomic E-state index is 8.00. The fourth-order valence-electron chi connectivity index (χ4n) is 6.44. The van der Waals surface area contributed by atoms with Gasteiger partial charge in [0.2, 0.25) is 0 Å². The van der Waals surface area contributed by atoms with Gasteiger partial charge in [0.05, 0.1) is 24.4 Å². The molecule has 0 aliphatic rings. The van der Waals surface area contributed by atoms with E-state index in [9.17, 15) is 0 Å². The average molecular weight is 637 g/mol. The van der Waals surface area contributed by atoms with Crippen LogP contribution in [0.3, 0.4) is 0 Å². The number of para-hydroxylation sites is 2. The second-order valence-electron chi connectivity index (χ2n) is 12.0. The minimum atomic E-state index is 0.445. The van der Waals surface area contributed by atoms with Crippen LogP contribution in [0.15, 0.2) is 170 Å². The predicted molar refractivity (Wildman–Crippen MR) is 205 cm³/mol. The number of fused-ring (bicyclic) bond motifs is 1. The van der Waals surface area contributed by atoms with Crippen molar-refractivity contribution in [3.8, 4) is 67.2 Å². The summed E-state index contributed by atoms with van der Waals surface area (Å²) < 4.78 is 0. The lowest BCUT2D eigenvalue weighted by molar-refractivity contribution is 1.23. The second kappa shape index (κ2) is 13.2. The number of hydrogen-bond acceptors (Lipinski definition) is 2. The van der Waals surface area contributed by atoms with Gasteiger partial charge in [0.25, 0.3) is 0 Å². The van der Waals surface area contributed by atoms with Crippen LogP contribution in [0, 0.1) is 13.1 Å². The van der Waals surface area contributed by atoms with Crippen molar-refractivity contribution in [1.29, 1.82) is 0 Å². The van der Waals surface area contributed by atoms with Crippen molar-refractivity contribution in [2.45, 2.75) is 0 Å². The SMILES string of the molecule is [C-]#[N+]c1ccccc1-c1nc(-c2ccccc2[N+]#[C-])c2cc(-c3ccc(-c4ccccc4)cc3)cc(-c3ccc(-c4ccccc4)cc3)c2n1. The van der Waals surface area contributed by atoms with Gasteiger partial charge >= 0.3 is 0 Å². The lowest BCUT2D eigenvalue weighted by Gasteiger charge is -2.17. The summed E-state index contributed by atoms with van der Waals surface area (Å²) in [5.41, 5.74) is 12.3. The van der Waals surface area contributed by atoms with Gasteiger partial charge in [-0.1, -0.05) is 158 Å². The molecule has 1 heterocycles. The van der Waals surface area contributed by atoms with E-state index in [0.717, 1.165) is 61.0 Å². The van der Waals surface area contributed by atoms with Crippen LogP contribution in [-0.2, 0) is 0 Å². The van der Waals surface area contributed by atoms with Crippen LogP contribution in [0.25, 0.3) is 87.7 Å². The first-order valence-electron chi connectivity index (χ1n) is 16.3. The van der Waals surface area contributed by atoms with E-state index >= 15 is 0 Å². The zero-order chi connectivity index (χ0) is 33.9. The molecule has 1 aromatic heterocycles. The molecule has 0 aliphatic carbocycles. The summed E-state index contributed by atoms with van der Waals surface area (Å²) >= 11 is 0. The quantitative estimate of drug-likeness (QED) is 0.170. The van der Waals surface area contributed by atoms with Gasteiger partial charge in [0.15, 0.2) is 11.4 Å². The number of benzene rings is 7. The Hall–Kier alpha value is -7.14. The highest BCUT2D eigenvalue weighted by atomic mass is 14.9. The minimum Gasteiger partial charge on any atom is -0.237 e.